The predicted octanol–water partition coefficient (Wildman–Crippen LogP) is 2.22. The topological polar surface area (TPSA) is 17.1 Å². The average molecular weight is 194 g/mol. The van der Waals surface area contributed by atoms with Crippen LogP contribution in [-0.4, -0.2) is 0 Å². The standard InChI is InChI=1S/C6H5Cl.O.Zn/c7-6-4-2-1-3-5-6;;/h1-5H;;. The molecule has 3 heteroatoms. The molecule has 0 aromatic heterocycles. The van der Waals surface area contributed by atoms with E-state index >= 15 is 0 Å². The number of halogens is 1. The Kier molecular flexibility index (Phi) is 6.01. The second-order valence-electron chi connectivity index (χ2n) is 1.30. The minimum atomic E-state index is 0.125. The molecule has 0 aliphatic rings. The summed E-state index contributed by atoms with van der Waals surface area (Å²) in [7, 11) is 0. The summed E-state index contributed by atoms with van der Waals surface area (Å²) >= 11 is 5.66. The summed E-state index contributed by atoms with van der Waals surface area (Å²) in [5, 5.41) is 0.794. The van der Waals surface area contributed by atoms with Crippen molar-refractivity contribution in [3.63, 3.8) is 0 Å². The van der Waals surface area contributed by atoms with Crippen molar-refractivity contribution < 1.29 is 21.8 Å². The Morgan fingerprint density at radius 3 is 1.78 bits per heavy atom. The number of hydrogen-bond donors (Lipinski definition) is 0. The Hall–Kier alpha value is -0.0666. The van der Waals surface area contributed by atoms with Crippen molar-refractivity contribution in [1.82, 2.24) is 0 Å². The van der Waals surface area contributed by atoms with E-state index < -0.39 is 0 Å². The van der Waals surface area contributed by atoms with Gasteiger partial charge in [-0.05, 0) is 12.1 Å². The van der Waals surface area contributed by atoms with Crippen LogP contribution in [0.5, 0.6) is 0 Å². The summed E-state index contributed by atoms with van der Waals surface area (Å²) in [5.41, 5.74) is 0. The number of benzene rings is 1. The monoisotopic (exact) mass is 192 g/mol. The van der Waals surface area contributed by atoms with Gasteiger partial charge in [-0.15, -0.1) is 0 Å². The SMILES string of the molecule is Clc1ccccc1.[O]=[Zn]. The molecule has 0 N–H and O–H groups in total. The molecule has 0 fully saturated rings. The van der Waals surface area contributed by atoms with Gasteiger partial charge in [-0.2, -0.15) is 0 Å². The van der Waals surface area contributed by atoms with Crippen molar-refractivity contribution in [2.75, 3.05) is 0 Å². The van der Waals surface area contributed by atoms with E-state index in [0.29, 0.717) is 0 Å². The Morgan fingerprint density at radius 1 is 1.11 bits per heavy atom. The number of rotatable bonds is 0. The molecule has 1 aromatic carbocycles. The van der Waals surface area contributed by atoms with Crippen LogP contribution in [0.4, 0.5) is 0 Å². The molecular weight excluding hydrogens is 189 g/mol. The van der Waals surface area contributed by atoms with Crippen LogP contribution in [0.25, 0.3) is 0 Å². The van der Waals surface area contributed by atoms with Gasteiger partial charge in [-0.3, -0.25) is 0 Å². The molecule has 0 atom stereocenters. The van der Waals surface area contributed by atoms with E-state index in [0.717, 1.165) is 5.02 Å². The molecule has 0 saturated heterocycles. The van der Waals surface area contributed by atoms with Gasteiger partial charge in [0.1, 0.15) is 0 Å². The molecule has 0 heterocycles. The van der Waals surface area contributed by atoms with E-state index in [1.807, 2.05) is 30.3 Å². The second-order valence-corrected chi connectivity index (χ2v) is 1.73. The van der Waals surface area contributed by atoms with Crippen LogP contribution in [0.15, 0.2) is 30.3 Å². The van der Waals surface area contributed by atoms with Gasteiger partial charge >= 0.3 is 21.8 Å². The van der Waals surface area contributed by atoms with E-state index in [2.05, 4.69) is 0 Å². The first kappa shape index (κ1) is 8.93. The van der Waals surface area contributed by atoms with Crippen LogP contribution in [-0.2, 0) is 21.8 Å². The Bertz CT molecular complexity index is 154. The third-order valence-corrected chi connectivity index (χ3v) is 0.985. The van der Waals surface area contributed by atoms with Crippen molar-refractivity contribution in [3.8, 4) is 0 Å². The fourth-order valence-electron chi connectivity index (χ4n) is 0.415. The minimum absolute atomic E-state index is 0.125. The first-order valence-corrected chi connectivity index (χ1v) is 3.98. The third-order valence-electron chi connectivity index (χ3n) is 0.733. The molecule has 0 aliphatic heterocycles. The zero-order chi connectivity index (χ0) is 7.11. The number of hydrogen-bond acceptors (Lipinski definition) is 1. The van der Waals surface area contributed by atoms with Gasteiger partial charge in [-0.25, -0.2) is 0 Å². The van der Waals surface area contributed by atoms with Crippen LogP contribution in [0.3, 0.4) is 0 Å². The molecule has 0 saturated carbocycles. The predicted molar refractivity (Wildman–Crippen MR) is 32.1 cm³/mol. The zero-order valence-electron chi connectivity index (χ0n) is 4.88. The molecule has 0 amide bonds. The molecule has 9 heavy (non-hydrogen) atoms. The molecule has 0 radical (unpaired) electrons. The van der Waals surface area contributed by atoms with Crippen molar-refractivity contribution >= 4 is 11.6 Å². The van der Waals surface area contributed by atoms with Crippen LogP contribution < -0.4 is 0 Å². The molecule has 1 aromatic rings. The third kappa shape index (κ3) is 4.44. The van der Waals surface area contributed by atoms with Gasteiger partial charge in [0.15, 0.2) is 0 Å². The zero-order valence-corrected chi connectivity index (χ0v) is 8.60. The van der Waals surface area contributed by atoms with Gasteiger partial charge in [0.05, 0.1) is 0 Å². The summed E-state index contributed by atoms with van der Waals surface area (Å²) in [6, 6.07) is 9.44. The molecule has 0 spiro atoms. The first-order valence-electron chi connectivity index (χ1n) is 2.39. The van der Waals surface area contributed by atoms with E-state index in [4.69, 9.17) is 15.2 Å². The van der Waals surface area contributed by atoms with Crippen molar-refractivity contribution in [2.45, 2.75) is 0 Å². The fourth-order valence-corrected chi connectivity index (χ4v) is 0.560. The second kappa shape index (κ2) is 6.06. The molecule has 1 nitrogen and oxygen atoms in total. The van der Waals surface area contributed by atoms with Gasteiger partial charge in [0, 0.05) is 5.02 Å². The Labute approximate surface area is 69.0 Å². The average Bonchev–Trinajstić information content (AvgIpc) is 1.94. The maximum atomic E-state index is 8.38. The Morgan fingerprint density at radius 2 is 1.56 bits per heavy atom. The van der Waals surface area contributed by atoms with Gasteiger partial charge in [0.25, 0.3) is 0 Å². The molecule has 0 aliphatic carbocycles. The van der Waals surface area contributed by atoms with Crippen LogP contribution in [0.2, 0.25) is 5.02 Å². The first-order chi connectivity index (χ1) is 4.39. The van der Waals surface area contributed by atoms with Gasteiger partial charge < -0.3 is 0 Å². The van der Waals surface area contributed by atoms with Crippen LogP contribution in [0, 0.1) is 0 Å². The summed E-state index contributed by atoms with van der Waals surface area (Å²) in [6.07, 6.45) is 0. The van der Waals surface area contributed by atoms with Crippen molar-refractivity contribution in [2.24, 2.45) is 0 Å². The summed E-state index contributed by atoms with van der Waals surface area (Å²) in [6.45, 7) is 0. The molecule has 1 rings (SSSR count). The normalized spacial score (nSPS) is 7.44. The molecule has 44 valence electrons. The van der Waals surface area contributed by atoms with Crippen molar-refractivity contribution in [3.05, 3.63) is 35.4 Å². The molecule has 0 bridgehead atoms. The van der Waals surface area contributed by atoms with Gasteiger partial charge in [-0.1, -0.05) is 29.8 Å². The van der Waals surface area contributed by atoms with E-state index in [-0.39, 0.29) is 18.3 Å². The Balaban J connectivity index is 0.000000291. The van der Waals surface area contributed by atoms with Crippen LogP contribution >= 0.6 is 11.6 Å². The van der Waals surface area contributed by atoms with E-state index in [1.54, 1.807) is 0 Å². The summed E-state index contributed by atoms with van der Waals surface area (Å²) in [4.78, 5) is 0. The molecular formula is C6H5ClOZn. The van der Waals surface area contributed by atoms with E-state index in [9.17, 15) is 0 Å². The van der Waals surface area contributed by atoms with Crippen molar-refractivity contribution in [1.29, 1.82) is 0 Å². The van der Waals surface area contributed by atoms with E-state index in [1.165, 1.54) is 0 Å². The summed E-state index contributed by atoms with van der Waals surface area (Å²) in [5.74, 6) is 0. The van der Waals surface area contributed by atoms with Crippen LogP contribution in [0.1, 0.15) is 0 Å². The molecule has 0 unspecified atom stereocenters. The van der Waals surface area contributed by atoms with Gasteiger partial charge in [0.2, 0.25) is 0 Å². The summed E-state index contributed by atoms with van der Waals surface area (Å²) < 4.78 is 8.38. The quantitative estimate of drug-likeness (QED) is 0.578. The maximum absolute atomic E-state index is 8.38. The fraction of sp³-hybridized carbons (Fsp3) is 0.